The van der Waals surface area contributed by atoms with Crippen molar-refractivity contribution in [3.05, 3.63) is 69.6 Å². The Hall–Kier alpha value is -2.71. The van der Waals surface area contributed by atoms with Crippen LogP contribution in [0.4, 0.5) is 5.69 Å². The third-order valence-corrected chi connectivity index (χ3v) is 7.04. The summed E-state index contributed by atoms with van der Waals surface area (Å²) < 4.78 is 7.04. The van der Waals surface area contributed by atoms with Gasteiger partial charge in [-0.15, -0.1) is 11.8 Å². The van der Waals surface area contributed by atoms with Crippen molar-refractivity contribution in [2.75, 3.05) is 23.9 Å². The Kier molecular flexibility index (Phi) is 6.38. The van der Waals surface area contributed by atoms with Crippen molar-refractivity contribution in [2.24, 2.45) is 0 Å². The average molecular weight is 454 g/mol. The summed E-state index contributed by atoms with van der Waals surface area (Å²) in [6.45, 7) is 3.95. The number of para-hydroxylation sites is 2. The number of carbonyl (C=O) groups excluding carboxylic acids is 1. The average Bonchev–Trinajstić information content (AvgIpc) is 3.24. The first-order chi connectivity index (χ1) is 15.0. The molecule has 4 rings (SSSR count). The van der Waals surface area contributed by atoms with Crippen molar-refractivity contribution in [1.29, 1.82) is 0 Å². The van der Waals surface area contributed by atoms with Gasteiger partial charge in [0.2, 0.25) is 5.91 Å². The summed E-state index contributed by atoms with van der Waals surface area (Å²) in [5.41, 5.74) is 4.19. The number of thioether (sulfide) groups is 2. The van der Waals surface area contributed by atoms with Crippen molar-refractivity contribution < 1.29 is 9.53 Å². The summed E-state index contributed by atoms with van der Waals surface area (Å²) in [5, 5.41) is 3.46. The first-order valence-electron chi connectivity index (χ1n) is 9.90. The molecule has 0 fully saturated rings. The van der Waals surface area contributed by atoms with Gasteiger partial charge in [-0.05, 0) is 43.2 Å². The van der Waals surface area contributed by atoms with Crippen molar-refractivity contribution in [3.8, 4) is 11.4 Å². The second kappa shape index (κ2) is 9.20. The zero-order valence-corrected chi connectivity index (χ0v) is 19.2. The predicted octanol–water partition coefficient (Wildman–Crippen LogP) is 4.24. The number of carbonyl (C=O) groups is 1. The molecule has 6 nitrogen and oxygen atoms in total. The summed E-state index contributed by atoms with van der Waals surface area (Å²) >= 11 is 2.78. The van der Waals surface area contributed by atoms with Crippen LogP contribution in [0.2, 0.25) is 0 Å². The highest BCUT2D eigenvalue weighted by Gasteiger charge is 2.24. The first kappa shape index (κ1) is 21.5. The van der Waals surface area contributed by atoms with E-state index >= 15 is 0 Å². The molecule has 0 spiro atoms. The minimum Gasteiger partial charge on any atom is -0.495 e. The molecule has 1 aliphatic rings. The number of amides is 1. The monoisotopic (exact) mass is 453 g/mol. The van der Waals surface area contributed by atoms with Gasteiger partial charge in [0.15, 0.2) is 5.16 Å². The van der Waals surface area contributed by atoms with E-state index in [0.29, 0.717) is 21.5 Å². The minimum atomic E-state index is -0.144. The quantitative estimate of drug-likeness (QED) is 0.445. The lowest BCUT2D eigenvalue weighted by Gasteiger charge is -2.16. The molecule has 0 saturated carbocycles. The second-order valence-electron chi connectivity index (χ2n) is 7.24. The van der Waals surface area contributed by atoms with Gasteiger partial charge in [0, 0.05) is 17.9 Å². The fourth-order valence-electron chi connectivity index (χ4n) is 3.40. The molecule has 2 aromatic carbocycles. The largest absolute Gasteiger partial charge is 0.495 e. The standard InChI is InChI=1S/C23H23N3O3S2/c1-14-8-9-15(2)17(12-14)24-20(27)13-31-23-25-16-10-11-30-21(16)22(28)26(23)18-6-4-5-7-19(18)29-3/h4-9,12H,10-11,13H2,1-3H3,(H,24,27). The third kappa shape index (κ3) is 4.50. The summed E-state index contributed by atoms with van der Waals surface area (Å²) in [4.78, 5) is 31.4. The van der Waals surface area contributed by atoms with Gasteiger partial charge in [0.1, 0.15) is 5.75 Å². The van der Waals surface area contributed by atoms with Crippen LogP contribution in [0.25, 0.3) is 5.69 Å². The van der Waals surface area contributed by atoms with Crippen molar-refractivity contribution in [1.82, 2.24) is 9.55 Å². The molecule has 0 aliphatic carbocycles. The summed E-state index contributed by atoms with van der Waals surface area (Å²) in [7, 11) is 1.57. The Bertz CT molecular complexity index is 1210. The number of aryl methyl sites for hydroxylation is 3. The molecule has 3 aromatic rings. The van der Waals surface area contributed by atoms with Crippen LogP contribution < -0.4 is 15.6 Å². The number of nitrogens with zero attached hydrogens (tertiary/aromatic N) is 2. The molecule has 1 N–H and O–H groups in total. The van der Waals surface area contributed by atoms with Crippen LogP contribution in [0.5, 0.6) is 5.75 Å². The SMILES string of the molecule is COc1ccccc1-n1c(SCC(=O)Nc2cc(C)ccc2C)nc2c(c1=O)SCC2. The van der Waals surface area contributed by atoms with Crippen LogP contribution in [0.1, 0.15) is 16.8 Å². The molecule has 160 valence electrons. The van der Waals surface area contributed by atoms with Crippen LogP contribution >= 0.6 is 23.5 Å². The lowest BCUT2D eigenvalue weighted by molar-refractivity contribution is -0.113. The van der Waals surface area contributed by atoms with Gasteiger partial charge in [-0.3, -0.25) is 14.2 Å². The Balaban J connectivity index is 1.65. The Morgan fingerprint density at radius 3 is 2.87 bits per heavy atom. The zero-order chi connectivity index (χ0) is 22.0. The third-order valence-electron chi connectivity index (χ3n) is 4.99. The van der Waals surface area contributed by atoms with Crippen LogP contribution in [0.15, 0.2) is 57.3 Å². The van der Waals surface area contributed by atoms with Gasteiger partial charge in [-0.1, -0.05) is 36.0 Å². The maximum Gasteiger partial charge on any atom is 0.272 e. The highest BCUT2D eigenvalue weighted by molar-refractivity contribution is 8.00. The van der Waals surface area contributed by atoms with Gasteiger partial charge >= 0.3 is 0 Å². The molecule has 0 atom stereocenters. The number of fused-ring (bicyclic) bond motifs is 1. The molecule has 0 radical (unpaired) electrons. The number of benzene rings is 2. The molecule has 0 unspecified atom stereocenters. The number of ether oxygens (including phenoxy) is 1. The van der Waals surface area contributed by atoms with Crippen molar-refractivity contribution in [2.45, 2.75) is 30.3 Å². The Morgan fingerprint density at radius 2 is 2.06 bits per heavy atom. The lowest BCUT2D eigenvalue weighted by atomic mass is 10.1. The predicted molar refractivity (Wildman–Crippen MR) is 126 cm³/mol. The van der Waals surface area contributed by atoms with E-state index < -0.39 is 0 Å². The van der Waals surface area contributed by atoms with Gasteiger partial charge in [0.05, 0.1) is 29.1 Å². The number of anilines is 1. The van der Waals surface area contributed by atoms with Crippen LogP contribution in [0.3, 0.4) is 0 Å². The van der Waals surface area contributed by atoms with E-state index in [0.717, 1.165) is 34.7 Å². The van der Waals surface area contributed by atoms with Gasteiger partial charge in [-0.25, -0.2) is 4.98 Å². The minimum absolute atomic E-state index is 0.116. The van der Waals surface area contributed by atoms with E-state index in [-0.39, 0.29) is 17.2 Å². The number of nitrogens with one attached hydrogen (secondary N) is 1. The summed E-state index contributed by atoms with van der Waals surface area (Å²) in [6, 6.07) is 13.3. The fourth-order valence-corrected chi connectivity index (χ4v) is 5.25. The van der Waals surface area contributed by atoms with E-state index in [9.17, 15) is 9.59 Å². The molecule has 1 amide bonds. The molecule has 0 bridgehead atoms. The van der Waals surface area contributed by atoms with E-state index in [2.05, 4.69) is 5.32 Å². The zero-order valence-electron chi connectivity index (χ0n) is 17.6. The molecule has 0 saturated heterocycles. The molecule has 2 heterocycles. The maximum absolute atomic E-state index is 13.3. The molecule has 31 heavy (non-hydrogen) atoms. The first-order valence-corrected chi connectivity index (χ1v) is 11.9. The van der Waals surface area contributed by atoms with Gasteiger partial charge in [-0.2, -0.15) is 0 Å². The topological polar surface area (TPSA) is 73.2 Å². The number of hydrogen-bond donors (Lipinski definition) is 1. The number of hydrogen-bond acceptors (Lipinski definition) is 6. The van der Waals surface area contributed by atoms with Crippen LogP contribution in [0, 0.1) is 13.8 Å². The summed E-state index contributed by atoms with van der Waals surface area (Å²) in [5.74, 6) is 1.41. The fraction of sp³-hybridized carbons (Fsp3) is 0.261. The normalized spacial score (nSPS) is 12.5. The highest BCUT2D eigenvalue weighted by Crippen LogP contribution is 2.32. The van der Waals surface area contributed by atoms with E-state index in [1.165, 1.54) is 23.5 Å². The second-order valence-corrected chi connectivity index (χ2v) is 9.28. The number of rotatable bonds is 6. The molecule has 8 heteroatoms. The van der Waals surface area contributed by atoms with Crippen LogP contribution in [-0.2, 0) is 11.2 Å². The number of aromatic nitrogens is 2. The van der Waals surface area contributed by atoms with Crippen molar-refractivity contribution >= 4 is 35.1 Å². The smallest absolute Gasteiger partial charge is 0.272 e. The molecular formula is C23H23N3O3S2. The summed E-state index contributed by atoms with van der Waals surface area (Å²) in [6.07, 6.45) is 0.754. The van der Waals surface area contributed by atoms with E-state index in [1.807, 2.05) is 56.3 Å². The highest BCUT2D eigenvalue weighted by atomic mass is 32.2. The van der Waals surface area contributed by atoms with E-state index in [4.69, 9.17) is 9.72 Å². The molecule has 1 aliphatic heterocycles. The molecular weight excluding hydrogens is 430 g/mol. The van der Waals surface area contributed by atoms with Crippen molar-refractivity contribution in [3.63, 3.8) is 0 Å². The Morgan fingerprint density at radius 1 is 1.26 bits per heavy atom. The molecule has 1 aromatic heterocycles. The Labute approximate surface area is 189 Å². The van der Waals surface area contributed by atoms with Gasteiger partial charge < -0.3 is 10.1 Å². The van der Waals surface area contributed by atoms with E-state index in [1.54, 1.807) is 11.7 Å². The lowest BCUT2D eigenvalue weighted by Crippen LogP contribution is -2.25. The maximum atomic E-state index is 13.3. The van der Waals surface area contributed by atoms with Crippen LogP contribution in [-0.4, -0.2) is 34.1 Å². The number of methoxy groups -OCH3 is 1. The van der Waals surface area contributed by atoms with Gasteiger partial charge in [0.25, 0.3) is 5.56 Å².